The Morgan fingerprint density at radius 2 is 2.00 bits per heavy atom. The smallest absolute Gasteiger partial charge is 0.414 e. The Morgan fingerprint density at radius 3 is 2.71 bits per heavy atom. The molecule has 0 radical (unpaired) electrons. The number of benzene rings is 1. The molecule has 5 N–H and O–H groups in total. The number of guanidine groups is 1. The molecule has 14 nitrogen and oxygen atoms in total. The highest BCUT2D eigenvalue weighted by Gasteiger charge is 2.64. The number of hydrogen-bond acceptors (Lipinski definition) is 9. The molecule has 264 valence electrons. The summed E-state index contributed by atoms with van der Waals surface area (Å²) in [5.41, 5.74) is 7.17. The minimum Gasteiger partial charge on any atom is -0.493 e. The monoisotopic (exact) mass is 669 g/mol. The molecule has 1 spiro atoms. The molecule has 0 saturated carbocycles. The fourth-order valence-corrected chi connectivity index (χ4v) is 7.62. The molecule has 2 heterocycles. The van der Waals surface area contributed by atoms with Gasteiger partial charge < -0.3 is 50.4 Å². The third kappa shape index (κ3) is 6.99. The molecule has 5 rings (SSSR count). The van der Waals surface area contributed by atoms with Gasteiger partial charge in [0.1, 0.15) is 17.4 Å². The summed E-state index contributed by atoms with van der Waals surface area (Å²) >= 11 is 0. The molecule has 2 unspecified atom stereocenters. The van der Waals surface area contributed by atoms with E-state index in [1.54, 1.807) is 42.0 Å². The number of alkyl carbamates (subject to hydrolysis) is 1. The largest absolute Gasteiger partial charge is 0.493 e. The van der Waals surface area contributed by atoms with Gasteiger partial charge in [-0.3, -0.25) is 9.79 Å². The van der Waals surface area contributed by atoms with E-state index >= 15 is 0 Å². The normalized spacial score (nSPS) is 24.7. The highest BCUT2D eigenvalue weighted by molar-refractivity contribution is 5.85. The zero-order valence-corrected chi connectivity index (χ0v) is 29.2. The van der Waals surface area contributed by atoms with Crippen LogP contribution in [0, 0.1) is 5.92 Å². The number of carbonyl (C=O) groups is 3. The van der Waals surface area contributed by atoms with Gasteiger partial charge in [-0.15, -0.1) is 0 Å². The van der Waals surface area contributed by atoms with Crippen LogP contribution >= 0.6 is 0 Å². The van der Waals surface area contributed by atoms with Crippen molar-refractivity contribution >= 4 is 24.1 Å². The summed E-state index contributed by atoms with van der Waals surface area (Å²) in [6, 6.07) is 3.65. The first kappa shape index (κ1) is 35.1. The standard InChI is InChI=1S/C34H51N7O7/c1-33(2,3)48-31(43)39-22(9-8-15-38-30(35)36-4)29(42)37-16-18-41(6)32(44)46-25-13-11-21-23-19-20-10-12-24(45-7)27-26(20)34(21,28(25)47-27)14-17-40(23)5/h10,12-13,21-23,28H,8-9,11,14-19H2,1-7H3,(H,37,42)(H,39,43)(H3,35,36,38)/t21?,22-,23+,28?,34-/m0/s1. The van der Waals surface area contributed by atoms with Crippen molar-refractivity contribution in [1.82, 2.24) is 25.8 Å². The van der Waals surface area contributed by atoms with E-state index in [9.17, 15) is 14.4 Å². The first-order valence-corrected chi connectivity index (χ1v) is 16.7. The van der Waals surface area contributed by atoms with E-state index < -0.39 is 35.8 Å². The van der Waals surface area contributed by atoms with Crippen LogP contribution in [-0.2, 0) is 26.1 Å². The summed E-state index contributed by atoms with van der Waals surface area (Å²) in [5, 5.41) is 8.43. The molecule has 1 aromatic carbocycles. The van der Waals surface area contributed by atoms with E-state index in [1.165, 1.54) is 16.0 Å². The summed E-state index contributed by atoms with van der Waals surface area (Å²) in [4.78, 5) is 46.7. The van der Waals surface area contributed by atoms with Gasteiger partial charge in [0.15, 0.2) is 23.6 Å². The predicted octanol–water partition coefficient (Wildman–Crippen LogP) is 2.25. The van der Waals surface area contributed by atoms with Crippen molar-refractivity contribution in [2.24, 2.45) is 16.6 Å². The first-order valence-electron chi connectivity index (χ1n) is 16.7. The summed E-state index contributed by atoms with van der Waals surface area (Å²) in [7, 11) is 7.04. The molecule has 2 aliphatic heterocycles. The number of carbonyl (C=O) groups excluding carboxylic acids is 3. The Bertz CT molecular complexity index is 1460. The minimum atomic E-state index is -0.852. The van der Waals surface area contributed by atoms with Crippen molar-refractivity contribution in [2.45, 2.75) is 82.1 Å². The molecule has 2 aliphatic carbocycles. The maximum absolute atomic E-state index is 13.4. The van der Waals surface area contributed by atoms with Gasteiger partial charge in [-0.25, -0.2) is 9.59 Å². The Hall–Kier alpha value is -4.20. The van der Waals surface area contributed by atoms with Crippen molar-refractivity contribution in [1.29, 1.82) is 0 Å². The zero-order chi connectivity index (χ0) is 34.8. The molecule has 0 aromatic heterocycles. The van der Waals surface area contributed by atoms with Gasteiger partial charge in [-0.1, -0.05) is 6.07 Å². The molecule has 5 atom stereocenters. The number of nitrogens with one attached hydrogen (secondary N) is 3. The number of nitrogens with zero attached hydrogens (tertiary/aromatic N) is 3. The molecular weight excluding hydrogens is 618 g/mol. The maximum Gasteiger partial charge on any atom is 0.414 e. The lowest BCUT2D eigenvalue weighted by Crippen LogP contribution is -2.63. The molecule has 2 bridgehead atoms. The lowest BCUT2D eigenvalue weighted by Gasteiger charge is -2.56. The van der Waals surface area contributed by atoms with E-state index in [1.807, 2.05) is 12.1 Å². The van der Waals surface area contributed by atoms with E-state index in [4.69, 9.17) is 24.7 Å². The summed E-state index contributed by atoms with van der Waals surface area (Å²) < 4.78 is 23.8. The van der Waals surface area contributed by atoms with Crippen LogP contribution in [-0.4, -0.2) is 112 Å². The molecular formula is C34H51N7O7. The van der Waals surface area contributed by atoms with Crippen molar-refractivity contribution in [2.75, 3.05) is 54.4 Å². The third-order valence-corrected chi connectivity index (χ3v) is 9.92. The fraction of sp³-hybridized carbons (Fsp3) is 0.647. The van der Waals surface area contributed by atoms with Crippen LogP contribution in [0.1, 0.15) is 57.6 Å². The summed E-state index contributed by atoms with van der Waals surface area (Å²) in [5.74, 6) is 2.22. The van der Waals surface area contributed by atoms with Crippen LogP contribution in [0.4, 0.5) is 9.59 Å². The van der Waals surface area contributed by atoms with Crippen LogP contribution in [0.25, 0.3) is 0 Å². The number of piperidine rings is 1. The number of rotatable bonds is 11. The van der Waals surface area contributed by atoms with Gasteiger partial charge in [0.2, 0.25) is 5.91 Å². The van der Waals surface area contributed by atoms with Crippen LogP contribution in [0.5, 0.6) is 11.5 Å². The van der Waals surface area contributed by atoms with Crippen molar-refractivity contribution in [3.05, 3.63) is 35.1 Å². The first-order chi connectivity index (χ1) is 22.8. The van der Waals surface area contributed by atoms with Gasteiger partial charge in [0.05, 0.1) is 7.11 Å². The van der Waals surface area contributed by atoms with Crippen LogP contribution in [0.15, 0.2) is 29.0 Å². The zero-order valence-electron chi connectivity index (χ0n) is 29.2. The van der Waals surface area contributed by atoms with Gasteiger partial charge in [-0.2, -0.15) is 0 Å². The predicted molar refractivity (Wildman–Crippen MR) is 180 cm³/mol. The van der Waals surface area contributed by atoms with Crippen LogP contribution < -0.4 is 31.2 Å². The second-order valence-corrected chi connectivity index (χ2v) is 14.1. The maximum atomic E-state index is 13.4. The van der Waals surface area contributed by atoms with E-state index in [0.717, 1.165) is 31.6 Å². The SMILES string of the molecule is CN=C(N)NCCC[C@H](NC(=O)OC(C)(C)C)C(=O)NCCN(C)C(=O)OC1=CCC2[C@H]3Cc4ccc(OC)c5c4[C@@]2(CCN3C)C1O5. The van der Waals surface area contributed by atoms with Gasteiger partial charge in [-0.05, 0) is 90.1 Å². The lowest BCUT2D eigenvalue weighted by molar-refractivity contribution is -0.123. The van der Waals surface area contributed by atoms with Crippen LogP contribution in [0.3, 0.4) is 0 Å². The molecule has 48 heavy (non-hydrogen) atoms. The molecule has 1 saturated heterocycles. The topological polar surface area (TPSA) is 169 Å². The number of allylic oxidation sites excluding steroid dienone is 1. The molecule has 1 fully saturated rings. The number of nitrogens with two attached hydrogens (primary N) is 1. The number of aliphatic imine (C=N–C) groups is 1. The van der Waals surface area contributed by atoms with Gasteiger partial charge in [0.25, 0.3) is 0 Å². The average molecular weight is 670 g/mol. The second kappa shape index (κ2) is 14.1. The van der Waals surface area contributed by atoms with Crippen molar-refractivity contribution in [3.63, 3.8) is 0 Å². The summed E-state index contributed by atoms with van der Waals surface area (Å²) in [6.45, 7) is 6.98. The quantitative estimate of drug-likeness (QED) is 0.156. The molecule has 14 heteroatoms. The van der Waals surface area contributed by atoms with Gasteiger partial charge in [0, 0.05) is 50.7 Å². The lowest BCUT2D eigenvalue weighted by atomic mass is 9.53. The number of likely N-dealkylation sites (N-methyl/N-ethyl adjacent to an activating group) is 2. The Labute approximate surface area is 282 Å². The third-order valence-electron chi connectivity index (χ3n) is 9.92. The van der Waals surface area contributed by atoms with Gasteiger partial charge >= 0.3 is 12.2 Å². The van der Waals surface area contributed by atoms with Crippen LogP contribution in [0.2, 0.25) is 0 Å². The fourth-order valence-electron chi connectivity index (χ4n) is 7.62. The van der Waals surface area contributed by atoms with E-state index in [0.29, 0.717) is 42.9 Å². The number of methoxy groups -OCH3 is 1. The Balaban J connectivity index is 1.20. The Morgan fingerprint density at radius 1 is 1.23 bits per heavy atom. The number of hydrogen-bond donors (Lipinski definition) is 4. The van der Waals surface area contributed by atoms with Crippen molar-refractivity contribution < 1.29 is 33.3 Å². The number of likely N-dealkylation sites (tertiary alicyclic amines) is 1. The molecule has 1 aromatic rings. The molecule has 4 aliphatic rings. The average Bonchev–Trinajstić information content (AvgIpc) is 3.39. The molecule has 3 amide bonds. The summed E-state index contributed by atoms with van der Waals surface area (Å²) in [6.07, 6.45) is 3.85. The highest BCUT2D eigenvalue weighted by atomic mass is 16.6. The van der Waals surface area contributed by atoms with E-state index in [-0.39, 0.29) is 24.5 Å². The van der Waals surface area contributed by atoms with Crippen molar-refractivity contribution in [3.8, 4) is 11.5 Å². The van der Waals surface area contributed by atoms with E-state index in [2.05, 4.69) is 39.0 Å². The highest BCUT2D eigenvalue weighted by Crippen LogP contribution is 2.63. The second-order valence-electron chi connectivity index (χ2n) is 14.1. The Kier molecular flexibility index (Phi) is 10.3. The minimum absolute atomic E-state index is 0.148. The number of ether oxygens (including phenoxy) is 4. The number of amides is 3.